The Kier molecular flexibility index (Phi) is 3.92. The van der Waals surface area contributed by atoms with E-state index in [1.807, 2.05) is 31.1 Å². The summed E-state index contributed by atoms with van der Waals surface area (Å²) >= 11 is 0. The number of benzene rings is 1. The van der Waals surface area contributed by atoms with Crippen molar-refractivity contribution < 1.29 is 10.2 Å². The molecule has 0 aliphatic carbocycles. The van der Waals surface area contributed by atoms with Gasteiger partial charge in [-0.2, -0.15) is 0 Å². The molecule has 1 rings (SSSR count). The predicted molar refractivity (Wildman–Crippen MR) is 56.3 cm³/mol. The van der Waals surface area contributed by atoms with Crippen molar-refractivity contribution >= 4 is 0 Å². The van der Waals surface area contributed by atoms with Crippen LogP contribution >= 0.6 is 0 Å². The summed E-state index contributed by atoms with van der Waals surface area (Å²) in [5.74, 6) is 0.320. The van der Waals surface area contributed by atoms with E-state index < -0.39 is 0 Å². The van der Waals surface area contributed by atoms with Gasteiger partial charge in [-0.25, -0.2) is 0 Å². The van der Waals surface area contributed by atoms with Gasteiger partial charge in [0.1, 0.15) is 5.75 Å². The summed E-state index contributed by atoms with van der Waals surface area (Å²) in [4.78, 5) is 2.00. The van der Waals surface area contributed by atoms with Crippen LogP contribution in [0.25, 0.3) is 0 Å². The highest BCUT2D eigenvalue weighted by atomic mass is 16.3. The second-order valence-corrected chi connectivity index (χ2v) is 3.67. The van der Waals surface area contributed by atoms with Crippen LogP contribution in [0.3, 0.4) is 0 Å². The molecule has 0 atom stereocenters. The molecule has 0 unspecified atom stereocenters. The molecule has 0 amide bonds. The smallest absolute Gasteiger partial charge is 0.120 e. The second kappa shape index (κ2) is 4.98. The third kappa shape index (κ3) is 3.01. The first kappa shape index (κ1) is 11.0. The summed E-state index contributed by atoms with van der Waals surface area (Å²) < 4.78 is 0. The predicted octanol–water partition coefficient (Wildman–Crippen LogP) is 0.989. The molecular formula is C11H17NO2. The zero-order chi connectivity index (χ0) is 10.6. The Morgan fingerprint density at radius 2 is 2.00 bits per heavy atom. The van der Waals surface area contributed by atoms with E-state index in [9.17, 15) is 5.11 Å². The number of phenols is 1. The molecule has 0 radical (unpaired) electrons. The van der Waals surface area contributed by atoms with Crippen molar-refractivity contribution in [3.05, 3.63) is 29.3 Å². The highest BCUT2D eigenvalue weighted by molar-refractivity contribution is 5.36. The third-order valence-electron chi connectivity index (χ3n) is 2.03. The maximum absolute atomic E-state index is 9.56. The average molecular weight is 195 g/mol. The van der Waals surface area contributed by atoms with E-state index in [2.05, 4.69) is 0 Å². The minimum absolute atomic E-state index is 0.145. The Morgan fingerprint density at radius 3 is 2.57 bits per heavy atom. The van der Waals surface area contributed by atoms with E-state index >= 15 is 0 Å². The molecule has 3 heteroatoms. The number of rotatable bonds is 4. The van der Waals surface area contributed by atoms with Crippen molar-refractivity contribution in [3.8, 4) is 5.75 Å². The standard InChI is InChI=1S/C11H17NO2/c1-12(2)8-10-7-9(5-6-13)3-4-11(10)14/h3-4,7,13-14H,5-6,8H2,1-2H3. The molecule has 0 saturated carbocycles. The molecule has 3 nitrogen and oxygen atoms in total. The minimum atomic E-state index is 0.145. The van der Waals surface area contributed by atoms with E-state index in [4.69, 9.17) is 5.11 Å². The molecule has 0 aliphatic heterocycles. The molecule has 0 heterocycles. The lowest BCUT2D eigenvalue weighted by Crippen LogP contribution is -2.11. The van der Waals surface area contributed by atoms with Crippen molar-refractivity contribution in [2.24, 2.45) is 0 Å². The van der Waals surface area contributed by atoms with Crippen LogP contribution < -0.4 is 0 Å². The maximum Gasteiger partial charge on any atom is 0.120 e. The molecular weight excluding hydrogens is 178 g/mol. The van der Waals surface area contributed by atoms with E-state index in [0.29, 0.717) is 18.7 Å². The van der Waals surface area contributed by atoms with Gasteiger partial charge in [0.05, 0.1) is 0 Å². The van der Waals surface area contributed by atoms with Crippen molar-refractivity contribution in [3.63, 3.8) is 0 Å². The van der Waals surface area contributed by atoms with Crippen molar-refractivity contribution in [1.82, 2.24) is 4.90 Å². The summed E-state index contributed by atoms with van der Waals surface area (Å²) in [6.45, 7) is 0.858. The molecule has 2 N–H and O–H groups in total. The zero-order valence-corrected chi connectivity index (χ0v) is 8.70. The average Bonchev–Trinajstić information content (AvgIpc) is 2.10. The Hall–Kier alpha value is -1.06. The third-order valence-corrected chi connectivity index (χ3v) is 2.03. The summed E-state index contributed by atoms with van der Waals surface area (Å²) in [5, 5.41) is 18.4. The number of aliphatic hydroxyl groups is 1. The summed E-state index contributed by atoms with van der Waals surface area (Å²) in [5.41, 5.74) is 1.96. The minimum Gasteiger partial charge on any atom is -0.508 e. The number of phenolic OH excluding ortho intramolecular Hbond substituents is 1. The molecule has 0 fully saturated rings. The van der Waals surface area contributed by atoms with E-state index in [-0.39, 0.29) is 6.61 Å². The Labute approximate surface area is 84.6 Å². The lowest BCUT2D eigenvalue weighted by Gasteiger charge is -2.12. The maximum atomic E-state index is 9.56. The summed E-state index contributed by atoms with van der Waals surface area (Å²) in [6.07, 6.45) is 0.640. The Balaban J connectivity index is 2.84. The van der Waals surface area contributed by atoms with Crippen LogP contribution in [-0.2, 0) is 13.0 Å². The SMILES string of the molecule is CN(C)Cc1cc(CCO)ccc1O. The first-order valence-corrected chi connectivity index (χ1v) is 4.70. The number of hydrogen-bond acceptors (Lipinski definition) is 3. The molecule has 0 aliphatic rings. The normalized spacial score (nSPS) is 10.9. The Morgan fingerprint density at radius 1 is 1.29 bits per heavy atom. The van der Waals surface area contributed by atoms with Gasteiger partial charge in [0.25, 0.3) is 0 Å². The summed E-state index contributed by atoms with van der Waals surface area (Å²) in [7, 11) is 3.91. The van der Waals surface area contributed by atoms with Crippen molar-refractivity contribution in [2.45, 2.75) is 13.0 Å². The Bertz CT molecular complexity index is 297. The highest BCUT2D eigenvalue weighted by Crippen LogP contribution is 2.19. The van der Waals surface area contributed by atoms with Gasteiger partial charge >= 0.3 is 0 Å². The molecule has 0 bridgehead atoms. The van der Waals surface area contributed by atoms with Crippen LogP contribution in [0.15, 0.2) is 18.2 Å². The van der Waals surface area contributed by atoms with Crippen LogP contribution in [-0.4, -0.2) is 35.8 Å². The van der Waals surface area contributed by atoms with Gasteiger partial charge in [0.2, 0.25) is 0 Å². The molecule has 0 spiro atoms. The second-order valence-electron chi connectivity index (χ2n) is 3.67. The topological polar surface area (TPSA) is 43.7 Å². The van der Waals surface area contributed by atoms with Crippen LogP contribution in [0.1, 0.15) is 11.1 Å². The number of hydrogen-bond donors (Lipinski definition) is 2. The van der Waals surface area contributed by atoms with Gasteiger partial charge in [0.15, 0.2) is 0 Å². The van der Waals surface area contributed by atoms with Crippen molar-refractivity contribution in [2.75, 3.05) is 20.7 Å². The number of aliphatic hydroxyl groups excluding tert-OH is 1. The molecule has 0 aromatic heterocycles. The molecule has 1 aromatic carbocycles. The van der Waals surface area contributed by atoms with Crippen LogP contribution in [0.5, 0.6) is 5.75 Å². The van der Waals surface area contributed by atoms with Gasteiger partial charge in [-0.05, 0) is 32.1 Å². The van der Waals surface area contributed by atoms with Gasteiger partial charge in [-0.15, -0.1) is 0 Å². The number of aromatic hydroxyl groups is 1. The van der Waals surface area contributed by atoms with Gasteiger partial charge in [-0.3, -0.25) is 0 Å². The molecule has 14 heavy (non-hydrogen) atoms. The van der Waals surface area contributed by atoms with E-state index in [0.717, 1.165) is 11.1 Å². The summed E-state index contributed by atoms with van der Waals surface area (Å²) in [6, 6.07) is 5.46. The van der Waals surface area contributed by atoms with E-state index in [1.165, 1.54) is 0 Å². The first-order chi connectivity index (χ1) is 6.63. The molecule has 0 saturated heterocycles. The fraction of sp³-hybridized carbons (Fsp3) is 0.455. The van der Waals surface area contributed by atoms with Crippen molar-refractivity contribution in [1.29, 1.82) is 0 Å². The quantitative estimate of drug-likeness (QED) is 0.753. The van der Waals surface area contributed by atoms with Crippen LogP contribution in [0.2, 0.25) is 0 Å². The van der Waals surface area contributed by atoms with Crippen LogP contribution in [0.4, 0.5) is 0 Å². The lowest BCUT2D eigenvalue weighted by molar-refractivity contribution is 0.299. The largest absolute Gasteiger partial charge is 0.508 e. The van der Waals surface area contributed by atoms with Crippen LogP contribution in [0, 0.1) is 0 Å². The first-order valence-electron chi connectivity index (χ1n) is 4.70. The fourth-order valence-corrected chi connectivity index (χ4v) is 1.39. The zero-order valence-electron chi connectivity index (χ0n) is 8.70. The lowest BCUT2D eigenvalue weighted by atomic mass is 10.1. The molecule has 1 aromatic rings. The molecule has 78 valence electrons. The van der Waals surface area contributed by atoms with Gasteiger partial charge in [-0.1, -0.05) is 12.1 Å². The van der Waals surface area contributed by atoms with Gasteiger partial charge < -0.3 is 15.1 Å². The monoisotopic (exact) mass is 195 g/mol. The number of nitrogens with zero attached hydrogens (tertiary/aromatic N) is 1. The fourth-order valence-electron chi connectivity index (χ4n) is 1.39. The highest BCUT2D eigenvalue weighted by Gasteiger charge is 2.03. The van der Waals surface area contributed by atoms with Gasteiger partial charge in [0, 0.05) is 18.7 Å². The van der Waals surface area contributed by atoms with E-state index in [1.54, 1.807) is 6.07 Å².